The quantitative estimate of drug-likeness (QED) is 0.860. The molecule has 1 aliphatic rings. The number of morpholine rings is 1. The second-order valence-electron chi connectivity index (χ2n) is 4.85. The van der Waals surface area contributed by atoms with Crippen LogP contribution < -0.4 is 5.73 Å². The Morgan fingerprint density at radius 3 is 2.67 bits per heavy atom. The molecule has 1 aromatic carbocycles. The van der Waals surface area contributed by atoms with Gasteiger partial charge >= 0.3 is 0 Å². The number of hydrogen-bond donors (Lipinski definition) is 1. The van der Waals surface area contributed by atoms with E-state index in [1.54, 1.807) is 0 Å². The molecule has 0 aromatic heterocycles. The number of nitrogens with zero attached hydrogens (tertiary/aromatic N) is 1. The number of rotatable bonds is 2. The molecule has 4 heteroatoms. The van der Waals surface area contributed by atoms with Gasteiger partial charge in [0.1, 0.15) is 0 Å². The van der Waals surface area contributed by atoms with E-state index < -0.39 is 0 Å². The Hall–Kier alpha value is -1.39. The normalized spacial score (nSPS) is 24.1. The first kappa shape index (κ1) is 13.1. The molecule has 1 aliphatic heterocycles. The van der Waals surface area contributed by atoms with Gasteiger partial charge in [0.25, 0.3) is 5.91 Å². The molecule has 0 spiro atoms. The predicted octanol–water partition coefficient (Wildman–Crippen LogP) is 1.39. The van der Waals surface area contributed by atoms with Crippen molar-refractivity contribution >= 4 is 5.91 Å². The molecule has 0 bridgehead atoms. The van der Waals surface area contributed by atoms with Gasteiger partial charge in [0.05, 0.1) is 18.8 Å². The Bertz CT molecular complexity index is 416. The molecule has 1 amide bonds. The van der Waals surface area contributed by atoms with Crippen molar-refractivity contribution < 1.29 is 9.53 Å². The SMILES string of the molecule is C[C@@H]1CO[C@@H](C)CN1C(=O)c1ccc(CN)cc1. The maximum absolute atomic E-state index is 12.4. The lowest BCUT2D eigenvalue weighted by atomic mass is 10.1. The first-order valence-corrected chi connectivity index (χ1v) is 6.33. The maximum Gasteiger partial charge on any atom is 0.254 e. The number of hydrogen-bond acceptors (Lipinski definition) is 3. The highest BCUT2D eigenvalue weighted by Gasteiger charge is 2.27. The summed E-state index contributed by atoms with van der Waals surface area (Å²) in [4.78, 5) is 14.3. The molecule has 0 unspecified atom stereocenters. The van der Waals surface area contributed by atoms with E-state index >= 15 is 0 Å². The summed E-state index contributed by atoms with van der Waals surface area (Å²) in [5.41, 5.74) is 7.30. The highest BCUT2D eigenvalue weighted by atomic mass is 16.5. The molecule has 4 nitrogen and oxygen atoms in total. The Labute approximate surface area is 108 Å². The van der Waals surface area contributed by atoms with E-state index in [9.17, 15) is 4.79 Å². The van der Waals surface area contributed by atoms with E-state index in [1.165, 1.54) is 0 Å². The smallest absolute Gasteiger partial charge is 0.254 e. The number of benzene rings is 1. The minimum Gasteiger partial charge on any atom is -0.375 e. The van der Waals surface area contributed by atoms with Gasteiger partial charge in [-0.2, -0.15) is 0 Å². The van der Waals surface area contributed by atoms with E-state index in [0.717, 1.165) is 5.56 Å². The van der Waals surface area contributed by atoms with Crippen molar-refractivity contribution in [3.05, 3.63) is 35.4 Å². The zero-order chi connectivity index (χ0) is 13.1. The van der Waals surface area contributed by atoms with Crippen LogP contribution in [0.2, 0.25) is 0 Å². The maximum atomic E-state index is 12.4. The minimum absolute atomic E-state index is 0.0706. The van der Waals surface area contributed by atoms with Gasteiger partial charge in [-0.3, -0.25) is 4.79 Å². The monoisotopic (exact) mass is 248 g/mol. The average Bonchev–Trinajstić information content (AvgIpc) is 2.41. The van der Waals surface area contributed by atoms with Crippen molar-refractivity contribution in [1.29, 1.82) is 0 Å². The van der Waals surface area contributed by atoms with E-state index in [4.69, 9.17) is 10.5 Å². The summed E-state index contributed by atoms with van der Waals surface area (Å²) in [5.74, 6) is 0.0706. The lowest BCUT2D eigenvalue weighted by Gasteiger charge is -2.36. The molecule has 18 heavy (non-hydrogen) atoms. The number of carbonyl (C=O) groups excluding carboxylic acids is 1. The number of nitrogens with two attached hydrogens (primary N) is 1. The van der Waals surface area contributed by atoms with Crippen molar-refractivity contribution in [1.82, 2.24) is 4.90 Å². The van der Waals surface area contributed by atoms with Crippen LogP contribution in [0.15, 0.2) is 24.3 Å². The third kappa shape index (κ3) is 2.71. The van der Waals surface area contributed by atoms with Gasteiger partial charge in [-0.05, 0) is 31.5 Å². The molecule has 1 fully saturated rings. The Balaban J connectivity index is 2.13. The van der Waals surface area contributed by atoms with Crippen molar-refractivity contribution in [2.75, 3.05) is 13.2 Å². The zero-order valence-electron chi connectivity index (χ0n) is 10.9. The lowest BCUT2D eigenvalue weighted by molar-refractivity contribution is -0.0387. The highest BCUT2D eigenvalue weighted by Crippen LogP contribution is 2.15. The van der Waals surface area contributed by atoms with Gasteiger partial charge in [0.15, 0.2) is 0 Å². The molecule has 0 aliphatic carbocycles. The summed E-state index contributed by atoms with van der Waals surface area (Å²) in [6.07, 6.45) is 0.105. The number of carbonyl (C=O) groups is 1. The van der Waals surface area contributed by atoms with Gasteiger partial charge < -0.3 is 15.4 Å². The molecular formula is C14H20N2O2. The van der Waals surface area contributed by atoms with E-state index in [-0.39, 0.29) is 18.1 Å². The standard InChI is InChI=1S/C14H20N2O2/c1-10-9-18-11(2)8-16(10)14(17)13-5-3-12(7-15)4-6-13/h3-6,10-11H,7-9,15H2,1-2H3/t10-,11+/m1/s1. The molecule has 1 heterocycles. The van der Waals surface area contributed by atoms with Crippen LogP contribution in [0.5, 0.6) is 0 Å². The van der Waals surface area contributed by atoms with Crippen LogP contribution >= 0.6 is 0 Å². The highest BCUT2D eigenvalue weighted by molar-refractivity contribution is 5.94. The molecule has 1 aromatic rings. The fourth-order valence-corrected chi connectivity index (χ4v) is 2.14. The van der Waals surface area contributed by atoms with E-state index in [2.05, 4.69) is 0 Å². The summed E-state index contributed by atoms with van der Waals surface area (Å²) in [6, 6.07) is 7.63. The second kappa shape index (κ2) is 5.50. The average molecular weight is 248 g/mol. The topological polar surface area (TPSA) is 55.6 Å². The van der Waals surface area contributed by atoms with Crippen molar-refractivity contribution in [2.45, 2.75) is 32.5 Å². The zero-order valence-corrected chi connectivity index (χ0v) is 10.9. The van der Waals surface area contributed by atoms with Gasteiger partial charge in [0, 0.05) is 18.7 Å². The molecule has 2 N–H and O–H groups in total. The Kier molecular flexibility index (Phi) is 3.99. The number of ether oxygens (including phenoxy) is 1. The molecule has 2 rings (SSSR count). The minimum atomic E-state index is 0.0706. The van der Waals surface area contributed by atoms with Gasteiger partial charge in [0.2, 0.25) is 0 Å². The molecule has 98 valence electrons. The van der Waals surface area contributed by atoms with Gasteiger partial charge in [-0.15, -0.1) is 0 Å². The first-order valence-electron chi connectivity index (χ1n) is 6.33. The molecule has 2 atom stereocenters. The second-order valence-corrected chi connectivity index (χ2v) is 4.85. The van der Waals surface area contributed by atoms with Crippen LogP contribution in [0.25, 0.3) is 0 Å². The van der Waals surface area contributed by atoms with Crippen LogP contribution in [0.3, 0.4) is 0 Å². The van der Waals surface area contributed by atoms with Crippen LogP contribution in [-0.2, 0) is 11.3 Å². The fraction of sp³-hybridized carbons (Fsp3) is 0.500. The predicted molar refractivity (Wildman–Crippen MR) is 70.2 cm³/mol. The molecule has 0 saturated carbocycles. The first-order chi connectivity index (χ1) is 8.61. The van der Waals surface area contributed by atoms with Crippen molar-refractivity contribution in [3.63, 3.8) is 0 Å². The summed E-state index contributed by atoms with van der Waals surface area (Å²) < 4.78 is 5.53. The Morgan fingerprint density at radius 1 is 1.39 bits per heavy atom. The van der Waals surface area contributed by atoms with E-state index in [0.29, 0.717) is 25.3 Å². The summed E-state index contributed by atoms with van der Waals surface area (Å²) >= 11 is 0. The summed E-state index contributed by atoms with van der Waals surface area (Å²) in [6.45, 7) is 5.76. The third-order valence-corrected chi connectivity index (χ3v) is 3.31. The van der Waals surface area contributed by atoms with Crippen molar-refractivity contribution in [3.8, 4) is 0 Å². The fourth-order valence-electron chi connectivity index (χ4n) is 2.14. The van der Waals surface area contributed by atoms with Crippen molar-refractivity contribution in [2.24, 2.45) is 5.73 Å². The Morgan fingerprint density at radius 2 is 2.06 bits per heavy atom. The molecule has 1 saturated heterocycles. The van der Waals surface area contributed by atoms with Crippen LogP contribution in [0, 0.1) is 0 Å². The van der Waals surface area contributed by atoms with Gasteiger partial charge in [-0.1, -0.05) is 12.1 Å². The van der Waals surface area contributed by atoms with Crippen LogP contribution in [0.4, 0.5) is 0 Å². The summed E-state index contributed by atoms with van der Waals surface area (Å²) in [5, 5.41) is 0. The molecule has 0 radical (unpaired) electrons. The van der Waals surface area contributed by atoms with Crippen LogP contribution in [0.1, 0.15) is 29.8 Å². The summed E-state index contributed by atoms with van der Waals surface area (Å²) in [7, 11) is 0. The van der Waals surface area contributed by atoms with E-state index in [1.807, 2.05) is 43.0 Å². The largest absolute Gasteiger partial charge is 0.375 e. The third-order valence-electron chi connectivity index (χ3n) is 3.31. The van der Waals surface area contributed by atoms with Gasteiger partial charge in [-0.25, -0.2) is 0 Å². The molecular weight excluding hydrogens is 228 g/mol. The lowest BCUT2D eigenvalue weighted by Crippen LogP contribution is -2.50. The number of amides is 1. The van der Waals surface area contributed by atoms with Crippen LogP contribution in [-0.4, -0.2) is 36.1 Å².